The zero-order chi connectivity index (χ0) is 11.6. The van der Waals surface area contributed by atoms with Gasteiger partial charge in [0.15, 0.2) is 6.29 Å². The van der Waals surface area contributed by atoms with E-state index in [1.807, 2.05) is 0 Å². The fourth-order valence-electron chi connectivity index (χ4n) is 2.16. The monoisotopic (exact) mass is 228 g/mol. The van der Waals surface area contributed by atoms with Gasteiger partial charge >= 0.3 is 0 Å². The third kappa shape index (κ3) is 5.86. The number of hydrogen-bond donors (Lipinski definition) is 0. The van der Waals surface area contributed by atoms with Crippen molar-refractivity contribution in [1.29, 1.82) is 0 Å². The van der Waals surface area contributed by atoms with Gasteiger partial charge in [-0.3, -0.25) is 0 Å². The summed E-state index contributed by atoms with van der Waals surface area (Å²) >= 11 is 0. The van der Waals surface area contributed by atoms with Crippen molar-refractivity contribution in [1.82, 2.24) is 0 Å². The van der Waals surface area contributed by atoms with Gasteiger partial charge in [-0.15, -0.1) is 0 Å². The standard InChI is InChI=1S/C14H28O2/c1-3-5-7-8-9-11-14-15-12-13(16-14)10-6-4-2/h13-14H,3-12H2,1-2H3. The van der Waals surface area contributed by atoms with Crippen molar-refractivity contribution in [3.05, 3.63) is 0 Å². The number of ether oxygens (including phenoxy) is 2. The number of hydrogen-bond acceptors (Lipinski definition) is 2. The van der Waals surface area contributed by atoms with Crippen LogP contribution >= 0.6 is 0 Å². The molecule has 16 heavy (non-hydrogen) atoms. The Kier molecular flexibility index (Phi) is 7.87. The summed E-state index contributed by atoms with van der Waals surface area (Å²) < 4.78 is 11.5. The van der Waals surface area contributed by atoms with Gasteiger partial charge in [0.2, 0.25) is 0 Å². The number of rotatable bonds is 9. The highest BCUT2D eigenvalue weighted by atomic mass is 16.7. The molecule has 96 valence electrons. The quantitative estimate of drug-likeness (QED) is 0.548. The minimum absolute atomic E-state index is 0.100. The van der Waals surface area contributed by atoms with Gasteiger partial charge in [0.25, 0.3) is 0 Å². The SMILES string of the molecule is CCCCCCCC1OCC(CCCC)O1. The first kappa shape index (κ1) is 14.0. The summed E-state index contributed by atoms with van der Waals surface area (Å²) in [5, 5.41) is 0. The second-order valence-electron chi connectivity index (χ2n) is 4.87. The average molecular weight is 228 g/mol. The van der Waals surface area contributed by atoms with E-state index in [1.165, 1.54) is 51.4 Å². The molecule has 1 heterocycles. The lowest BCUT2D eigenvalue weighted by atomic mass is 10.1. The van der Waals surface area contributed by atoms with Crippen LogP contribution in [0, 0.1) is 0 Å². The van der Waals surface area contributed by atoms with E-state index < -0.39 is 0 Å². The Labute approximate surface area is 101 Å². The minimum Gasteiger partial charge on any atom is -0.350 e. The summed E-state index contributed by atoms with van der Waals surface area (Å²) in [6, 6.07) is 0. The van der Waals surface area contributed by atoms with Crippen LogP contribution in [0.5, 0.6) is 0 Å². The second kappa shape index (κ2) is 9.00. The van der Waals surface area contributed by atoms with E-state index in [4.69, 9.17) is 9.47 Å². The maximum Gasteiger partial charge on any atom is 0.158 e. The van der Waals surface area contributed by atoms with Crippen molar-refractivity contribution >= 4 is 0 Å². The summed E-state index contributed by atoms with van der Waals surface area (Å²) in [5.41, 5.74) is 0. The molecule has 0 aromatic carbocycles. The molecule has 1 aliphatic heterocycles. The van der Waals surface area contributed by atoms with Gasteiger partial charge < -0.3 is 9.47 Å². The molecule has 0 amide bonds. The van der Waals surface area contributed by atoms with Crippen LogP contribution in [0.15, 0.2) is 0 Å². The van der Waals surface area contributed by atoms with Crippen LogP contribution in [0.4, 0.5) is 0 Å². The zero-order valence-electron chi connectivity index (χ0n) is 11.0. The Morgan fingerprint density at radius 1 is 0.875 bits per heavy atom. The average Bonchev–Trinajstić information content (AvgIpc) is 2.74. The molecule has 0 aromatic rings. The molecule has 2 unspecified atom stereocenters. The molecule has 2 nitrogen and oxygen atoms in total. The smallest absolute Gasteiger partial charge is 0.158 e. The van der Waals surface area contributed by atoms with E-state index >= 15 is 0 Å². The maximum absolute atomic E-state index is 5.85. The highest BCUT2D eigenvalue weighted by molar-refractivity contribution is 4.65. The van der Waals surface area contributed by atoms with Crippen LogP contribution in [0.3, 0.4) is 0 Å². The molecule has 2 atom stereocenters. The largest absolute Gasteiger partial charge is 0.350 e. The summed E-state index contributed by atoms with van der Waals surface area (Å²) in [4.78, 5) is 0. The first-order valence-electron chi connectivity index (χ1n) is 7.13. The summed E-state index contributed by atoms with van der Waals surface area (Å²) in [5.74, 6) is 0. The van der Waals surface area contributed by atoms with E-state index in [0.29, 0.717) is 6.10 Å². The zero-order valence-corrected chi connectivity index (χ0v) is 11.0. The highest BCUT2D eigenvalue weighted by Gasteiger charge is 2.24. The molecule has 0 aliphatic carbocycles. The van der Waals surface area contributed by atoms with Crippen molar-refractivity contribution in [2.24, 2.45) is 0 Å². The van der Waals surface area contributed by atoms with E-state index in [9.17, 15) is 0 Å². The predicted octanol–water partition coefficient (Wildman–Crippen LogP) is 4.28. The van der Waals surface area contributed by atoms with Gasteiger partial charge in [0, 0.05) is 0 Å². The molecule has 1 fully saturated rings. The molecule has 0 saturated carbocycles. The fourth-order valence-corrected chi connectivity index (χ4v) is 2.16. The third-order valence-corrected chi connectivity index (χ3v) is 3.24. The lowest BCUT2D eigenvalue weighted by Gasteiger charge is -2.10. The molecule has 0 radical (unpaired) electrons. The van der Waals surface area contributed by atoms with Crippen LogP contribution in [-0.4, -0.2) is 19.0 Å². The van der Waals surface area contributed by atoms with Gasteiger partial charge in [-0.2, -0.15) is 0 Å². The molecule has 0 bridgehead atoms. The Hall–Kier alpha value is -0.0800. The van der Waals surface area contributed by atoms with Gasteiger partial charge in [-0.1, -0.05) is 52.4 Å². The Balaban J connectivity index is 1.94. The lowest BCUT2D eigenvalue weighted by molar-refractivity contribution is -0.0643. The van der Waals surface area contributed by atoms with E-state index in [1.54, 1.807) is 0 Å². The van der Waals surface area contributed by atoms with E-state index in [2.05, 4.69) is 13.8 Å². The van der Waals surface area contributed by atoms with Crippen molar-refractivity contribution in [2.45, 2.75) is 84.0 Å². The molecular formula is C14H28O2. The molecule has 0 aromatic heterocycles. The molecule has 0 spiro atoms. The van der Waals surface area contributed by atoms with Crippen LogP contribution in [0.2, 0.25) is 0 Å². The fraction of sp³-hybridized carbons (Fsp3) is 1.00. The summed E-state index contributed by atoms with van der Waals surface area (Å²) in [6.07, 6.45) is 11.9. The molecule has 0 N–H and O–H groups in total. The molecule has 1 rings (SSSR count). The van der Waals surface area contributed by atoms with Gasteiger partial charge in [0.05, 0.1) is 12.7 Å². The Bertz CT molecular complexity index is 159. The van der Waals surface area contributed by atoms with Crippen molar-refractivity contribution in [3.63, 3.8) is 0 Å². The lowest BCUT2D eigenvalue weighted by Crippen LogP contribution is -2.12. The number of unbranched alkanes of at least 4 members (excludes halogenated alkanes) is 5. The molecule has 1 saturated heterocycles. The van der Waals surface area contributed by atoms with Crippen molar-refractivity contribution < 1.29 is 9.47 Å². The topological polar surface area (TPSA) is 18.5 Å². The van der Waals surface area contributed by atoms with Gasteiger partial charge in [-0.25, -0.2) is 0 Å². The second-order valence-corrected chi connectivity index (χ2v) is 4.87. The third-order valence-electron chi connectivity index (χ3n) is 3.24. The van der Waals surface area contributed by atoms with Crippen LogP contribution in [0.1, 0.15) is 71.6 Å². The summed E-state index contributed by atoms with van der Waals surface area (Å²) in [6.45, 7) is 5.29. The summed E-state index contributed by atoms with van der Waals surface area (Å²) in [7, 11) is 0. The van der Waals surface area contributed by atoms with Crippen molar-refractivity contribution in [3.8, 4) is 0 Å². The maximum atomic E-state index is 5.85. The first-order valence-corrected chi connectivity index (χ1v) is 7.13. The van der Waals surface area contributed by atoms with E-state index in [-0.39, 0.29) is 6.29 Å². The van der Waals surface area contributed by atoms with E-state index in [0.717, 1.165) is 13.0 Å². The van der Waals surface area contributed by atoms with Gasteiger partial charge in [-0.05, 0) is 19.3 Å². The minimum atomic E-state index is 0.100. The molecular weight excluding hydrogens is 200 g/mol. The molecule has 1 aliphatic rings. The normalized spacial score (nSPS) is 25.1. The van der Waals surface area contributed by atoms with Crippen LogP contribution in [-0.2, 0) is 9.47 Å². The van der Waals surface area contributed by atoms with Crippen LogP contribution in [0.25, 0.3) is 0 Å². The molecule has 2 heteroatoms. The first-order chi connectivity index (χ1) is 7.86. The van der Waals surface area contributed by atoms with Crippen molar-refractivity contribution in [2.75, 3.05) is 6.61 Å². The highest BCUT2D eigenvalue weighted by Crippen LogP contribution is 2.20. The van der Waals surface area contributed by atoms with Gasteiger partial charge in [0.1, 0.15) is 0 Å². The predicted molar refractivity (Wildman–Crippen MR) is 67.5 cm³/mol. The Morgan fingerprint density at radius 2 is 1.62 bits per heavy atom. The Morgan fingerprint density at radius 3 is 2.38 bits per heavy atom. The van der Waals surface area contributed by atoms with Crippen LogP contribution < -0.4 is 0 Å².